The number of rotatable bonds is 8. The third-order valence-electron chi connectivity index (χ3n) is 16.1. The van der Waals surface area contributed by atoms with E-state index < -0.39 is 11.6 Å². The summed E-state index contributed by atoms with van der Waals surface area (Å²) in [5.41, 5.74) is 16.2. The highest BCUT2D eigenvalue weighted by Gasteiger charge is 2.30. The van der Waals surface area contributed by atoms with Crippen LogP contribution in [0.4, 0.5) is 4.79 Å². The molecule has 10 rings (SSSR count). The number of piperidine rings is 2. The number of nitrogens with zero attached hydrogens (tertiary/aromatic N) is 8. The highest BCUT2D eigenvalue weighted by atomic mass is 16.6. The first-order chi connectivity index (χ1) is 39.4. The molecule has 6 heterocycles. The lowest BCUT2D eigenvalue weighted by Gasteiger charge is -2.33. The Hall–Kier alpha value is -7.67. The van der Waals surface area contributed by atoms with Crippen LogP contribution in [0.25, 0.3) is 44.6 Å². The third-order valence-corrected chi connectivity index (χ3v) is 16.1. The Bertz CT molecular complexity index is 3520. The van der Waals surface area contributed by atoms with Crippen LogP contribution in [-0.4, -0.2) is 93.7 Å². The fraction of sp³-hybridized carbons (Fsp3) is 0.451. The van der Waals surface area contributed by atoms with Crippen LogP contribution in [0.3, 0.4) is 0 Å². The van der Waals surface area contributed by atoms with Gasteiger partial charge in [0, 0.05) is 38.6 Å². The van der Waals surface area contributed by atoms with Crippen molar-refractivity contribution in [1.82, 2.24) is 38.9 Å². The summed E-state index contributed by atoms with van der Waals surface area (Å²) >= 11 is 0. The third kappa shape index (κ3) is 16.1. The zero-order valence-corrected chi connectivity index (χ0v) is 52.6. The number of aromatic nitrogens is 6. The summed E-state index contributed by atoms with van der Waals surface area (Å²) in [7, 11) is 0. The van der Waals surface area contributed by atoms with E-state index in [-0.39, 0.29) is 46.7 Å². The number of carboxylic acids is 1. The van der Waals surface area contributed by atoms with Gasteiger partial charge >= 0.3 is 12.1 Å². The predicted molar refractivity (Wildman–Crippen MR) is 340 cm³/mol. The minimum atomic E-state index is -0.898. The standard InChI is InChI=1S/C33H40N4O.C30H43NO2.C8H7N3O2/c1-32(2,3)27-18-26(19-28(20-27)33(4,5)6)25-10-7-9-24(17-25)23-12-15-36(16-13-23)30(38)21-37-22-35-29-11-8-14-34-31(29)37;1-28(2,3)25-18-24(19-26(20-25)29(4,5)6)23-12-10-11-22(17-23)21-13-15-31(16-14-21)27(32)33-30(7,8)9;12-7(13)4-11-5-10-6-2-1-3-9-8(6)11/h7-11,14,17-20,22-23H,12-13,15-16,21H2,1-6H3;10-12,17-21H,13-16H2,1-9H3;1-3,5H,4H2,(H,12,13). The maximum Gasteiger partial charge on any atom is 0.410 e. The molecule has 4 aromatic heterocycles. The molecule has 2 saturated heterocycles. The summed E-state index contributed by atoms with van der Waals surface area (Å²) < 4.78 is 8.91. The molecule has 444 valence electrons. The smallest absolute Gasteiger partial charge is 0.410 e. The summed E-state index contributed by atoms with van der Waals surface area (Å²) in [5, 5.41) is 8.57. The van der Waals surface area contributed by atoms with Gasteiger partial charge in [0.25, 0.3) is 0 Å². The van der Waals surface area contributed by atoms with E-state index in [0.29, 0.717) is 23.0 Å². The minimum absolute atomic E-state index is 0.0893. The molecular weight excluding hydrogens is 1040 g/mol. The molecule has 0 unspecified atom stereocenters. The van der Waals surface area contributed by atoms with Crippen molar-refractivity contribution < 1.29 is 24.2 Å². The molecule has 2 fully saturated rings. The molecule has 8 aromatic rings. The summed E-state index contributed by atoms with van der Waals surface area (Å²) in [6, 6.07) is 39.6. The molecule has 0 bridgehead atoms. The Morgan fingerprint density at radius 2 is 0.845 bits per heavy atom. The van der Waals surface area contributed by atoms with Gasteiger partial charge in [-0.3, -0.25) is 9.59 Å². The molecule has 1 N–H and O–H groups in total. The Labute approximate surface area is 498 Å². The lowest BCUT2D eigenvalue weighted by Crippen LogP contribution is -2.41. The van der Waals surface area contributed by atoms with Gasteiger partial charge in [0.15, 0.2) is 11.3 Å². The molecule has 0 saturated carbocycles. The van der Waals surface area contributed by atoms with E-state index in [1.54, 1.807) is 30.9 Å². The number of amides is 2. The van der Waals surface area contributed by atoms with Crippen LogP contribution in [0.15, 0.2) is 134 Å². The number of hydrogen-bond donors (Lipinski definition) is 1. The Kier molecular flexibility index (Phi) is 18.8. The van der Waals surface area contributed by atoms with Gasteiger partial charge in [0.2, 0.25) is 5.91 Å². The van der Waals surface area contributed by atoms with E-state index in [4.69, 9.17) is 9.84 Å². The highest BCUT2D eigenvalue weighted by Crippen LogP contribution is 2.39. The van der Waals surface area contributed by atoms with Crippen LogP contribution in [0, 0.1) is 0 Å². The molecular formula is C71H90N8O5. The molecule has 2 aliphatic rings. The number of benzene rings is 4. The van der Waals surface area contributed by atoms with Gasteiger partial charge < -0.3 is 28.8 Å². The maximum atomic E-state index is 13.1. The van der Waals surface area contributed by atoms with Crippen molar-refractivity contribution >= 4 is 40.3 Å². The van der Waals surface area contributed by atoms with E-state index in [0.717, 1.165) is 63.0 Å². The number of pyridine rings is 2. The predicted octanol–water partition coefficient (Wildman–Crippen LogP) is 15.7. The molecule has 0 radical (unpaired) electrons. The first-order valence-corrected chi connectivity index (χ1v) is 29.9. The van der Waals surface area contributed by atoms with Gasteiger partial charge in [-0.1, -0.05) is 168 Å². The normalized spacial score (nSPS) is 14.8. The fourth-order valence-electron chi connectivity index (χ4n) is 10.9. The van der Waals surface area contributed by atoms with Crippen LogP contribution >= 0.6 is 0 Å². The topological polar surface area (TPSA) is 149 Å². The van der Waals surface area contributed by atoms with Gasteiger partial charge in [0.1, 0.15) is 29.7 Å². The number of ether oxygens (including phenoxy) is 1. The number of fused-ring (bicyclic) bond motifs is 2. The maximum absolute atomic E-state index is 13.1. The Morgan fingerprint density at radius 3 is 1.21 bits per heavy atom. The average molecular weight is 1140 g/mol. The zero-order chi connectivity index (χ0) is 60.9. The summed E-state index contributed by atoms with van der Waals surface area (Å²) in [6.07, 6.45) is 10.3. The van der Waals surface area contributed by atoms with E-state index in [1.165, 1.54) is 66.5 Å². The number of imidazole rings is 2. The molecule has 0 spiro atoms. The second kappa shape index (κ2) is 25.3. The Balaban J connectivity index is 0.000000182. The van der Waals surface area contributed by atoms with E-state index in [1.807, 2.05) is 47.3 Å². The number of carbonyl (C=O) groups excluding carboxylic acids is 2. The minimum Gasteiger partial charge on any atom is -0.480 e. The summed E-state index contributed by atoms with van der Waals surface area (Å²) in [5.74, 6) is 0.167. The molecule has 4 aromatic carbocycles. The lowest BCUT2D eigenvalue weighted by atomic mass is 9.78. The number of carboxylic acid groups (broad SMARTS) is 1. The second-order valence-electron chi connectivity index (χ2n) is 28.1. The van der Waals surface area contributed by atoms with Gasteiger partial charge in [0.05, 0.1) is 12.7 Å². The largest absolute Gasteiger partial charge is 0.480 e. The van der Waals surface area contributed by atoms with Crippen LogP contribution < -0.4 is 0 Å². The van der Waals surface area contributed by atoms with Gasteiger partial charge in [-0.15, -0.1) is 0 Å². The van der Waals surface area contributed by atoms with Crippen molar-refractivity contribution in [3.8, 4) is 22.3 Å². The first kappa shape index (κ1) is 62.4. The van der Waals surface area contributed by atoms with Crippen LogP contribution in [0.5, 0.6) is 0 Å². The average Bonchev–Trinajstić information content (AvgIpc) is 3.99. The van der Waals surface area contributed by atoms with Crippen molar-refractivity contribution in [1.29, 1.82) is 0 Å². The zero-order valence-electron chi connectivity index (χ0n) is 52.6. The van der Waals surface area contributed by atoms with Crippen LogP contribution in [-0.2, 0) is 49.1 Å². The van der Waals surface area contributed by atoms with Crippen molar-refractivity contribution in [3.05, 3.63) is 168 Å². The monoisotopic (exact) mass is 1130 g/mol. The summed E-state index contributed by atoms with van der Waals surface area (Å²) in [6.45, 7) is 36.4. The molecule has 2 amide bonds. The van der Waals surface area contributed by atoms with Crippen molar-refractivity contribution in [2.24, 2.45) is 0 Å². The van der Waals surface area contributed by atoms with Gasteiger partial charge in [-0.25, -0.2) is 24.7 Å². The molecule has 0 aliphatic carbocycles. The van der Waals surface area contributed by atoms with Gasteiger partial charge in [-0.05, 0) is 160 Å². The number of likely N-dealkylation sites (tertiary alicyclic amines) is 2. The highest BCUT2D eigenvalue weighted by molar-refractivity contribution is 5.79. The molecule has 84 heavy (non-hydrogen) atoms. The quantitative estimate of drug-likeness (QED) is 0.157. The van der Waals surface area contributed by atoms with E-state index in [9.17, 15) is 14.4 Å². The van der Waals surface area contributed by atoms with E-state index in [2.05, 4.69) is 188 Å². The Morgan fingerprint density at radius 1 is 0.464 bits per heavy atom. The van der Waals surface area contributed by atoms with Gasteiger partial charge in [-0.2, -0.15) is 0 Å². The molecule has 0 atom stereocenters. The number of aliphatic carboxylic acids is 1. The van der Waals surface area contributed by atoms with Crippen LogP contribution in [0.2, 0.25) is 0 Å². The molecule has 2 aliphatic heterocycles. The van der Waals surface area contributed by atoms with Crippen LogP contribution in [0.1, 0.15) is 175 Å². The number of carbonyl (C=O) groups is 3. The second-order valence-corrected chi connectivity index (χ2v) is 28.1. The molecule has 13 nitrogen and oxygen atoms in total. The summed E-state index contributed by atoms with van der Waals surface area (Å²) in [4.78, 5) is 56.6. The lowest BCUT2D eigenvalue weighted by molar-refractivity contribution is -0.137. The number of hydrogen-bond acceptors (Lipinski definition) is 8. The van der Waals surface area contributed by atoms with Crippen molar-refractivity contribution in [3.63, 3.8) is 0 Å². The van der Waals surface area contributed by atoms with Crippen molar-refractivity contribution in [2.45, 2.75) is 182 Å². The van der Waals surface area contributed by atoms with Crippen molar-refractivity contribution in [2.75, 3.05) is 26.2 Å². The van der Waals surface area contributed by atoms with E-state index >= 15 is 0 Å². The molecule has 13 heteroatoms. The fourth-order valence-corrected chi connectivity index (χ4v) is 10.9. The SMILES string of the molecule is CC(C)(C)OC(=O)N1CCC(c2cccc(-c3cc(C(C)(C)C)cc(C(C)(C)C)c3)c2)CC1.CC(C)(C)c1cc(-c2cccc(C3CCN(C(=O)Cn4cnc5cccnc54)CC3)c2)cc(C(C)(C)C)c1.O=C(O)Cn1cnc2cccnc21. The first-order valence-electron chi connectivity index (χ1n) is 29.9.